The maximum Gasteiger partial charge on any atom is -0.0313 e. The van der Waals surface area contributed by atoms with Gasteiger partial charge in [-0.05, 0) is 25.7 Å². The minimum atomic E-state index is 1.12. The number of allylic oxidation sites excluding steroid dienone is 10. The van der Waals surface area contributed by atoms with Crippen LogP contribution in [0.5, 0.6) is 0 Å². The van der Waals surface area contributed by atoms with E-state index in [0.717, 1.165) is 25.7 Å². The normalized spacial score (nSPS) is 18.3. The van der Waals surface area contributed by atoms with Gasteiger partial charge in [0.2, 0.25) is 0 Å². The molecule has 0 radical (unpaired) electrons. The molecule has 0 bridgehead atoms. The summed E-state index contributed by atoms with van der Waals surface area (Å²) in [6.45, 7) is 0. The van der Waals surface area contributed by atoms with E-state index in [1.54, 1.807) is 0 Å². The third kappa shape index (κ3) is 6.24. The molecule has 0 aromatic rings. The molecular weight excluding hydrogens is 168 g/mol. The summed E-state index contributed by atoms with van der Waals surface area (Å²) < 4.78 is 0. The van der Waals surface area contributed by atoms with E-state index in [-0.39, 0.29) is 0 Å². The molecule has 0 saturated carbocycles. The van der Waals surface area contributed by atoms with Gasteiger partial charge in [-0.25, -0.2) is 0 Å². The van der Waals surface area contributed by atoms with Crippen molar-refractivity contribution in [3.05, 3.63) is 60.8 Å². The molecule has 0 saturated heterocycles. The van der Waals surface area contributed by atoms with Crippen LogP contribution in [0.3, 0.4) is 0 Å². The van der Waals surface area contributed by atoms with E-state index in [0.29, 0.717) is 0 Å². The van der Waals surface area contributed by atoms with Gasteiger partial charge in [0.15, 0.2) is 0 Å². The lowest BCUT2D eigenvalue weighted by atomic mass is 10.2. The first-order chi connectivity index (χ1) is 7.00. The average Bonchev–Trinajstić information content (AvgIpc) is 2.22. The number of hydrogen-bond acceptors (Lipinski definition) is 0. The Labute approximate surface area is 87.0 Å². The van der Waals surface area contributed by atoms with Gasteiger partial charge in [0.25, 0.3) is 0 Å². The van der Waals surface area contributed by atoms with Gasteiger partial charge >= 0.3 is 0 Å². The molecule has 14 heavy (non-hydrogen) atoms. The van der Waals surface area contributed by atoms with Crippen molar-refractivity contribution in [3.63, 3.8) is 0 Å². The molecule has 0 unspecified atom stereocenters. The summed E-state index contributed by atoms with van der Waals surface area (Å²) in [6.07, 6.45) is 26.0. The van der Waals surface area contributed by atoms with Crippen LogP contribution in [0.15, 0.2) is 60.8 Å². The van der Waals surface area contributed by atoms with Crippen LogP contribution < -0.4 is 0 Å². The summed E-state index contributed by atoms with van der Waals surface area (Å²) in [5, 5.41) is 0. The highest BCUT2D eigenvalue weighted by molar-refractivity contribution is 5.12. The van der Waals surface area contributed by atoms with Crippen molar-refractivity contribution in [2.45, 2.75) is 25.7 Å². The fourth-order valence-electron chi connectivity index (χ4n) is 1.21. The maximum atomic E-state index is 2.21. The summed E-state index contributed by atoms with van der Waals surface area (Å²) in [5.74, 6) is 0. The molecule has 0 fully saturated rings. The third-order valence-corrected chi connectivity index (χ3v) is 1.99. The summed E-state index contributed by atoms with van der Waals surface area (Å²) >= 11 is 0. The zero-order chi connectivity index (χ0) is 9.90. The van der Waals surface area contributed by atoms with Gasteiger partial charge in [-0.15, -0.1) is 0 Å². The second-order valence-electron chi connectivity index (χ2n) is 3.25. The molecule has 1 aliphatic carbocycles. The first kappa shape index (κ1) is 10.8. The summed E-state index contributed by atoms with van der Waals surface area (Å²) in [5.41, 5.74) is 0. The highest BCUT2D eigenvalue weighted by Gasteiger charge is 1.77. The van der Waals surface area contributed by atoms with E-state index < -0.39 is 0 Å². The van der Waals surface area contributed by atoms with Crippen molar-refractivity contribution in [2.24, 2.45) is 0 Å². The minimum absolute atomic E-state index is 1.12. The largest absolute Gasteiger partial charge is 0.0842 e. The molecule has 1 aliphatic rings. The van der Waals surface area contributed by atoms with Crippen LogP contribution in [0.1, 0.15) is 25.7 Å². The Morgan fingerprint density at radius 3 is 1.00 bits per heavy atom. The van der Waals surface area contributed by atoms with E-state index in [2.05, 4.69) is 60.8 Å². The van der Waals surface area contributed by atoms with Crippen LogP contribution in [0.25, 0.3) is 0 Å². The topological polar surface area (TPSA) is 0 Å². The smallest absolute Gasteiger partial charge is 0.0313 e. The van der Waals surface area contributed by atoms with Crippen molar-refractivity contribution >= 4 is 0 Å². The summed E-state index contributed by atoms with van der Waals surface area (Å²) in [6, 6.07) is 0. The molecule has 0 N–H and O–H groups in total. The molecular formula is C14H18. The van der Waals surface area contributed by atoms with Crippen molar-refractivity contribution in [2.75, 3.05) is 0 Å². The van der Waals surface area contributed by atoms with E-state index in [9.17, 15) is 0 Å². The van der Waals surface area contributed by atoms with Crippen LogP contribution >= 0.6 is 0 Å². The van der Waals surface area contributed by atoms with Crippen molar-refractivity contribution in [1.82, 2.24) is 0 Å². The Bertz CT molecular complexity index is 234. The second-order valence-corrected chi connectivity index (χ2v) is 3.25. The molecule has 0 aromatic heterocycles. The minimum Gasteiger partial charge on any atom is -0.0842 e. The van der Waals surface area contributed by atoms with Crippen LogP contribution in [-0.4, -0.2) is 0 Å². The average molecular weight is 186 g/mol. The molecule has 0 amide bonds. The van der Waals surface area contributed by atoms with Gasteiger partial charge in [0.1, 0.15) is 0 Å². The molecule has 0 aromatic carbocycles. The standard InChI is InChI=1S/C14H18/c1-2-4-6-8-10-12-14-13-11-9-7-5-3-1/h1-6,11-14H,7-10H2. The summed E-state index contributed by atoms with van der Waals surface area (Å²) in [4.78, 5) is 0. The number of hydrogen-bond donors (Lipinski definition) is 0. The van der Waals surface area contributed by atoms with Crippen LogP contribution in [0, 0.1) is 0 Å². The quantitative estimate of drug-likeness (QED) is 0.528. The highest BCUT2D eigenvalue weighted by Crippen LogP contribution is 1.97. The van der Waals surface area contributed by atoms with Crippen LogP contribution in [0.2, 0.25) is 0 Å². The molecule has 0 heteroatoms. The Hall–Kier alpha value is -1.30. The molecule has 0 heterocycles. The number of rotatable bonds is 0. The van der Waals surface area contributed by atoms with Crippen LogP contribution in [-0.2, 0) is 0 Å². The van der Waals surface area contributed by atoms with Crippen molar-refractivity contribution < 1.29 is 0 Å². The SMILES string of the molecule is C1=CC=CCCC=CC=CCCC=C1. The van der Waals surface area contributed by atoms with Gasteiger partial charge in [-0.2, -0.15) is 0 Å². The summed E-state index contributed by atoms with van der Waals surface area (Å²) in [7, 11) is 0. The molecule has 0 spiro atoms. The van der Waals surface area contributed by atoms with Gasteiger partial charge in [0, 0.05) is 0 Å². The van der Waals surface area contributed by atoms with Gasteiger partial charge in [-0.3, -0.25) is 0 Å². The molecule has 0 aliphatic heterocycles. The van der Waals surface area contributed by atoms with E-state index in [1.807, 2.05) is 0 Å². The fourth-order valence-corrected chi connectivity index (χ4v) is 1.21. The van der Waals surface area contributed by atoms with Gasteiger partial charge in [0.05, 0.1) is 0 Å². The fraction of sp³-hybridized carbons (Fsp3) is 0.286. The van der Waals surface area contributed by atoms with Crippen molar-refractivity contribution in [3.8, 4) is 0 Å². The van der Waals surface area contributed by atoms with E-state index in [4.69, 9.17) is 0 Å². The Balaban J connectivity index is 2.45. The molecule has 0 nitrogen and oxygen atoms in total. The maximum absolute atomic E-state index is 2.21. The predicted octanol–water partition coefficient (Wildman–Crippen LogP) is 4.34. The highest BCUT2D eigenvalue weighted by atomic mass is 13.8. The first-order valence-corrected chi connectivity index (χ1v) is 5.30. The zero-order valence-electron chi connectivity index (χ0n) is 8.60. The lowest BCUT2D eigenvalue weighted by Gasteiger charge is -1.87. The second kappa shape index (κ2) is 8.31. The molecule has 1 rings (SSSR count). The molecule has 0 atom stereocenters. The monoisotopic (exact) mass is 186 g/mol. The first-order valence-electron chi connectivity index (χ1n) is 5.30. The Kier molecular flexibility index (Phi) is 6.39. The Morgan fingerprint density at radius 1 is 0.357 bits per heavy atom. The predicted molar refractivity (Wildman–Crippen MR) is 64.2 cm³/mol. The lowest BCUT2D eigenvalue weighted by molar-refractivity contribution is 1.04. The third-order valence-electron chi connectivity index (χ3n) is 1.99. The Morgan fingerprint density at radius 2 is 0.643 bits per heavy atom. The lowest BCUT2D eigenvalue weighted by Crippen LogP contribution is -1.66. The zero-order valence-corrected chi connectivity index (χ0v) is 8.60. The van der Waals surface area contributed by atoms with Gasteiger partial charge < -0.3 is 0 Å². The van der Waals surface area contributed by atoms with E-state index in [1.165, 1.54) is 0 Å². The van der Waals surface area contributed by atoms with Gasteiger partial charge in [-0.1, -0.05) is 60.8 Å². The van der Waals surface area contributed by atoms with E-state index >= 15 is 0 Å². The van der Waals surface area contributed by atoms with Crippen LogP contribution in [0.4, 0.5) is 0 Å². The van der Waals surface area contributed by atoms with Crippen molar-refractivity contribution in [1.29, 1.82) is 0 Å². The molecule has 74 valence electrons.